The number of carbonyl (C=O) groups excluding carboxylic acids is 2. The maximum Gasteiger partial charge on any atom is 0.338 e. The Morgan fingerprint density at radius 2 is 1.83 bits per heavy atom. The zero-order chi connectivity index (χ0) is 21.7. The van der Waals surface area contributed by atoms with Crippen LogP contribution in [0, 0.1) is 6.92 Å². The summed E-state index contributed by atoms with van der Waals surface area (Å²) in [6.07, 6.45) is -0.941. The first-order valence-electron chi connectivity index (χ1n) is 9.49. The number of hydrogen-bond acceptors (Lipinski definition) is 6. The Labute approximate surface area is 173 Å². The lowest BCUT2D eigenvalue weighted by molar-refractivity contribution is -0.129. The van der Waals surface area contributed by atoms with Crippen molar-refractivity contribution in [2.45, 2.75) is 20.0 Å². The second-order valence-corrected chi connectivity index (χ2v) is 6.69. The van der Waals surface area contributed by atoms with E-state index in [1.54, 1.807) is 49.4 Å². The molecule has 8 heteroatoms. The van der Waals surface area contributed by atoms with E-state index in [4.69, 9.17) is 9.47 Å². The number of nitrogens with zero attached hydrogens (tertiary/aromatic N) is 2. The molecule has 0 aliphatic rings. The van der Waals surface area contributed by atoms with E-state index in [0.717, 1.165) is 0 Å². The molecule has 0 bridgehead atoms. The molecule has 0 saturated heterocycles. The van der Waals surface area contributed by atoms with Gasteiger partial charge in [0.2, 0.25) is 0 Å². The number of aryl methyl sites for hydroxylation is 1. The van der Waals surface area contributed by atoms with Crippen LogP contribution in [0.4, 0.5) is 0 Å². The number of para-hydroxylation sites is 1. The second kappa shape index (κ2) is 9.32. The number of rotatable bonds is 7. The van der Waals surface area contributed by atoms with Crippen LogP contribution < -0.4 is 10.9 Å². The highest BCUT2D eigenvalue weighted by Gasteiger charge is 2.19. The normalized spacial score (nSPS) is 11.8. The van der Waals surface area contributed by atoms with E-state index in [1.165, 1.54) is 18.6 Å². The number of nitrogens with one attached hydrogen (secondary N) is 1. The van der Waals surface area contributed by atoms with Gasteiger partial charge in [-0.05, 0) is 50.2 Å². The summed E-state index contributed by atoms with van der Waals surface area (Å²) in [5.74, 6) is -0.492. The first-order valence-corrected chi connectivity index (χ1v) is 9.49. The fourth-order valence-corrected chi connectivity index (χ4v) is 3.00. The van der Waals surface area contributed by atoms with Gasteiger partial charge in [0.15, 0.2) is 6.10 Å². The van der Waals surface area contributed by atoms with Gasteiger partial charge in [-0.1, -0.05) is 12.1 Å². The SMILES string of the molecule is COCCNC(=O)[C@@H](C)OC(=O)c1ccc(-n2c(C)nc3ccccc3c2=O)cc1. The third-order valence-corrected chi connectivity index (χ3v) is 4.56. The van der Waals surface area contributed by atoms with Gasteiger partial charge in [-0.2, -0.15) is 0 Å². The quantitative estimate of drug-likeness (QED) is 0.473. The van der Waals surface area contributed by atoms with Crippen molar-refractivity contribution in [3.8, 4) is 5.69 Å². The van der Waals surface area contributed by atoms with Crippen molar-refractivity contribution in [1.29, 1.82) is 0 Å². The van der Waals surface area contributed by atoms with E-state index in [0.29, 0.717) is 35.6 Å². The largest absolute Gasteiger partial charge is 0.449 e. The van der Waals surface area contributed by atoms with Crippen molar-refractivity contribution >= 4 is 22.8 Å². The molecule has 3 aromatic rings. The van der Waals surface area contributed by atoms with Crippen LogP contribution in [0.1, 0.15) is 23.1 Å². The summed E-state index contributed by atoms with van der Waals surface area (Å²) >= 11 is 0. The van der Waals surface area contributed by atoms with Gasteiger partial charge in [0.25, 0.3) is 11.5 Å². The molecule has 2 aromatic carbocycles. The Morgan fingerprint density at radius 3 is 2.53 bits per heavy atom. The molecule has 0 spiro atoms. The predicted octanol–water partition coefficient (Wildman–Crippen LogP) is 2.00. The summed E-state index contributed by atoms with van der Waals surface area (Å²) in [5, 5.41) is 3.13. The fraction of sp³-hybridized carbons (Fsp3) is 0.273. The van der Waals surface area contributed by atoms with Crippen molar-refractivity contribution < 1.29 is 19.1 Å². The van der Waals surface area contributed by atoms with E-state index >= 15 is 0 Å². The molecule has 1 amide bonds. The molecule has 156 valence electrons. The highest BCUT2D eigenvalue weighted by atomic mass is 16.5. The minimum Gasteiger partial charge on any atom is -0.449 e. The molecular formula is C22H23N3O5. The molecule has 3 rings (SSSR count). The van der Waals surface area contributed by atoms with Crippen LogP contribution in [0.3, 0.4) is 0 Å². The average Bonchev–Trinajstić information content (AvgIpc) is 2.74. The summed E-state index contributed by atoms with van der Waals surface area (Å²) in [7, 11) is 1.53. The second-order valence-electron chi connectivity index (χ2n) is 6.69. The number of benzene rings is 2. The van der Waals surface area contributed by atoms with Crippen LogP contribution in [-0.4, -0.2) is 47.8 Å². The average molecular weight is 409 g/mol. The Kier molecular flexibility index (Phi) is 6.58. The molecule has 1 heterocycles. The molecule has 0 unspecified atom stereocenters. The molecule has 0 radical (unpaired) electrons. The summed E-state index contributed by atoms with van der Waals surface area (Å²) in [4.78, 5) is 41.6. The summed E-state index contributed by atoms with van der Waals surface area (Å²) in [5.41, 5.74) is 1.30. The van der Waals surface area contributed by atoms with E-state index in [9.17, 15) is 14.4 Å². The van der Waals surface area contributed by atoms with Gasteiger partial charge < -0.3 is 14.8 Å². The minimum atomic E-state index is -0.941. The lowest BCUT2D eigenvalue weighted by atomic mass is 10.2. The number of amides is 1. The third-order valence-electron chi connectivity index (χ3n) is 4.56. The smallest absolute Gasteiger partial charge is 0.338 e. The van der Waals surface area contributed by atoms with E-state index in [2.05, 4.69) is 10.3 Å². The first kappa shape index (κ1) is 21.2. The number of methoxy groups -OCH3 is 1. The number of fused-ring (bicyclic) bond motifs is 1. The van der Waals surface area contributed by atoms with Crippen molar-refractivity contribution in [3.05, 3.63) is 70.3 Å². The van der Waals surface area contributed by atoms with Gasteiger partial charge in [-0.3, -0.25) is 14.2 Å². The molecular weight excluding hydrogens is 386 g/mol. The van der Waals surface area contributed by atoms with Crippen molar-refractivity contribution in [1.82, 2.24) is 14.9 Å². The molecule has 0 aliphatic carbocycles. The molecule has 1 atom stereocenters. The molecule has 1 aromatic heterocycles. The van der Waals surface area contributed by atoms with Crippen LogP contribution in [0.25, 0.3) is 16.6 Å². The zero-order valence-corrected chi connectivity index (χ0v) is 17.0. The molecule has 30 heavy (non-hydrogen) atoms. The van der Waals surface area contributed by atoms with Crippen molar-refractivity contribution in [2.24, 2.45) is 0 Å². The van der Waals surface area contributed by atoms with Crippen LogP contribution in [0.5, 0.6) is 0 Å². The Hall–Kier alpha value is -3.52. The van der Waals surface area contributed by atoms with E-state index in [-0.39, 0.29) is 11.1 Å². The topological polar surface area (TPSA) is 99.5 Å². The van der Waals surface area contributed by atoms with E-state index < -0.39 is 18.0 Å². The third kappa shape index (κ3) is 4.55. The standard InChI is InChI=1S/C22H23N3O5/c1-14(20(26)23-12-13-29-3)30-22(28)16-8-10-17(11-9-16)25-15(2)24-19-7-5-4-6-18(19)21(25)27/h4-11,14H,12-13H2,1-3H3,(H,23,26)/t14-/m1/s1. The van der Waals surface area contributed by atoms with Gasteiger partial charge in [0.1, 0.15) is 5.82 Å². The maximum atomic E-state index is 12.9. The van der Waals surface area contributed by atoms with Crippen molar-refractivity contribution in [3.63, 3.8) is 0 Å². The maximum absolute atomic E-state index is 12.9. The summed E-state index contributed by atoms with van der Waals surface area (Å²) in [6.45, 7) is 3.95. The summed E-state index contributed by atoms with van der Waals surface area (Å²) in [6, 6.07) is 13.5. The molecule has 8 nitrogen and oxygen atoms in total. The van der Waals surface area contributed by atoms with E-state index in [1.807, 2.05) is 6.07 Å². The highest BCUT2D eigenvalue weighted by molar-refractivity contribution is 5.92. The molecule has 0 fully saturated rings. The molecule has 1 N–H and O–H groups in total. The number of hydrogen-bond donors (Lipinski definition) is 1. The van der Waals surface area contributed by atoms with Gasteiger partial charge in [0, 0.05) is 13.7 Å². The van der Waals surface area contributed by atoms with Gasteiger partial charge in [0.05, 0.1) is 28.8 Å². The molecule has 0 saturated carbocycles. The minimum absolute atomic E-state index is 0.185. The van der Waals surface area contributed by atoms with Crippen LogP contribution in [0.2, 0.25) is 0 Å². The number of carbonyl (C=O) groups is 2. The number of esters is 1. The number of ether oxygens (including phenoxy) is 2. The number of aromatic nitrogens is 2. The monoisotopic (exact) mass is 409 g/mol. The zero-order valence-electron chi connectivity index (χ0n) is 17.0. The van der Waals surface area contributed by atoms with Gasteiger partial charge >= 0.3 is 5.97 Å². The summed E-state index contributed by atoms with van der Waals surface area (Å²) < 4.78 is 11.6. The lowest BCUT2D eigenvalue weighted by Gasteiger charge is -2.14. The Balaban J connectivity index is 1.77. The predicted molar refractivity (Wildman–Crippen MR) is 112 cm³/mol. The van der Waals surface area contributed by atoms with Crippen molar-refractivity contribution in [2.75, 3.05) is 20.3 Å². The van der Waals surface area contributed by atoms with Crippen LogP contribution in [-0.2, 0) is 14.3 Å². The van der Waals surface area contributed by atoms with Crippen LogP contribution in [0.15, 0.2) is 53.3 Å². The highest BCUT2D eigenvalue weighted by Crippen LogP contribution is 2.14. The van der Waals surface area contributed by atoms with Gasteiger partial charge in [-0.25, -0.2) is 9.78 Å². The lowest BCUT2D eigenvalue weighted by Crippen LogP contribution is -2.37. The Morgan fingerprint density at radius 1 is 1.13 bits per heavy atom. The first-order chi connectivity index (χ1) is 14.4. The fourth-order valence-electron chi connectivity index (χ4n) is 3.00. The molecule has 0 aliphatic heterocycles. The van der Waals surface area contributed by atoms with Crippen LogP contribution >= 0.6 is 0 Å². The Bertz CT molecular complexity index is 1120. The van der Waals surface area contributed by atoms with Gasteiger partial charge in [-0.15, -0.1) is 0 Å².